The predicted molar refractivity (Wildman–Crippen MR) is 120 cm³/mol. The average Bonchev–Trinajstić information content (AvgIpc) is 3.11. The van der Waals surface area contributed by atoms with Crippen LogP contribution in [0.5, 0.6) is 0 Å². The highest BCUT2D eigenvalue weighted by molar-refractivity contribution is 7.80. The lowest BCUT2D eigenvalue weighted by Crippen LogP contribution is -2.32. The zero-order valence-electron chi connectivity index (χ0n) is 17.9. The van der Waals surface area contributed by atoms with E-state index in [1.165, 1.54) is 17.0 Å². The molecule has 1 aliphatic heterocycles. The SMILES string of the molecule is Cc1cc(C2C(c3ccccn3)NC(=S)N2CCCN(C)C)c(C)n1C(C)C. The van der Waals surface area contributed by atoms with Crippen LogP contribution in [-0.2, 0) is 0 Å². The van der Waals surface area contributed by atoms with Crippen LogP contribution < -0.4 is 5.32 Å². The molecular formula is C22H33N5S. The first-order valence-electron chi connectivity index (χ1n) is 10.1. The molecule has 1 fully saturated rings. The minimum Gasteiger partial charge on any atom is -0.352 e. The molecular weight excluding hydrogens is 366 g/mol. The van der Waals surface area contributed by atoms with Crippen LogP contribution in [0.1, 0.15) is 61.0 Å². The number of aryl methyl sites for hydroxylation is 1. The number of pyridine rings is 1. The van der Waals surface area contributed by atoms with Crippen molar-refractivity contribution in [2.24, 2.45) is 0 Å². The van der Waals surface area contributed by atoms with Crippen molar-refractivity contribution in [1.82, 2.24) is 24.7 Å². The number of aromatic nitrogens is 2. The molecule has 28 heavy (non-hydrogen) atoms. The molecule has 1 N–H and O–H groups in total. The van der Waals surface area contributed by atoms with Gasteiger partial charge in [0.05, 0.1) is 17.8 Å². The Morgan fingerprint density at radius 1 is 1.25 bits per heavy atom. The van der Waals surface area contributed by atoms with Gasteiger partial charge in [0.25, 0.3) is 0 Å². The first-order chi connectivity index (χ1) is 13.3. The van der Waals surface area contributed by atoms with Crippen LogP contribution >= 0.6 is 12.2 Å². The van der Waals surface area contributed by atoms with Crippen molar-refractivity contribution in [3.05, 3.63) is 53.1 Å². The average molecular weight is 400 g/mol. The van der Waals surface area contributed by atoms with Crippen molar-refractivity contribution >= 4 is 17.3 Å². The summed E-state index contributed by atoms with van der Waals surface area (Å²) in [5.41, 5.74) is 5.01. The third kappa shape index (κ3) is 4.08. The van der Waals surface area contributed by atoms with E-state index in [1.807, 2.05) is 12.3 Å². The van der Waals surface area contributed by atoms with Gasteiger partial charge < -0.3 is 19.7 Å². The Balaban J connectivity index is 2.01. The quantitative estimate of drug-likeness (QED) is 0.712. The van der Waals surface area contributed by atoms with Crippen LogP contribution in [0.4, 0.5) is 0 Å². The lowest BCUT2D eigenvalue weighted by molar-refractivity contribution is 0.292. The summed E-state index contributed by atoms with van der Waals surface area (Å²) in [6.07, 6.45) is 2.94. The van der Waals surface area contributed by atoms with E-state index in [9.17, 15) is 0 Å². The molecule has 1 saturated heterocycles. The Morgan fingerprint density at radius 3 is 2.57 bits per heavy atom. The Bertz CT molecular complexity index is 812. The summed E-state index contributed by atoms with van der Waals surface area (Å²) in [5.74, 6) is 0. The molecule has 6 heteroatoms. The number of nitrogens with zero attached hydrogens (tertiary/aromatic N) is 4. The third-order valence-electron chi connectivity index (χ3n) is 5.56. The van der Waals surface area contributed by atoms with Gasteiger partial charge in [-0.15, -0.1) is 0 Å². The summed E-state index contributed by atoms with van der Waals surface area (Å²) in [5, 5.41) is 4.39. The highest BCUT2D eigenvalue weighted by Gasteiger charge is 2.41. The number of hydrogen-bond donors (Lipinski definition) is 1. The maximum atomic E-state index is 5.77. The molecule has 0 aromatic carbocycles. The second-order valence-corrected chi connectivity index (χ2v) is 8.65. The molecule has 0 saturated carbocycles. The Kier molecular flexibility index (Phi) is 6.40. The van der Waals surface area contributed by atoms with E-state index < -0.39 is 0 Å². The van der Waals surface area contributed by atoms with Crippen LogP contribution in [-0.4, -0.2) is 51.6 Å². The van der Waals surface area contributed by atoms with Crippen LogP contribution in [0.25, 0.3) is 0 Å². The van der Waals surface area contributed by atoms with Gasteiger partial charge in [0.2, 0.25) is 0 Å². The van der Waals surface area contributed by atoms with E-state index in [1.54, 1.807) is 0 Å². The minimum absolute atomic E-state index is 0.0640. The molecule has 0 spiro atoms. The summed E-state index contributed by atoms with van der Waals surface area (Å²) in [6, 6.07) is 9.10. The first-order valence-corrected chi connectivity index (χ1v) is 10.5. The molecule has 0 amide bonds. The van der Waals surface area contributed by atoms with Crippen LogP contribution in [0.3, 0.4) is 0 Å². The molecule has 0 bridgehead atoms. The van der Waals surface area contributed by atoms with E-state index in [4.69, 9.17) is 12.2 Å². The monoisotopic (exact) mass is 399 g/mol. The lowest BCUT2D eigenvalue weighted by atomic mass is 9.96. The summed E-state index contributed by atoms with van der Waals surface area (Å²) in [6.45, 7) is 10.9. The molecule has 2 unspecified atom stereocenters. The first kappa shape index (κ1) is 20.8. The predicted octanol–water partition coefficient (Wildman–Crippen LogP) is 4.01. The number of rotatable bonds is 7. The van der Waals surface area contributed by atoms with Crippen molar-refractivity contribution in [2.75, 3.05) is 27.2 Å². The summed E-state index contributed by atoms with van der Waals surface area (Å²) < 4.78 is 2.42. The molecule has 3 heterocycles. The second kappa shape index (κ2) is 8.62. The highest BCUT2D eigenvalue weighted by Crippen LogP contribution is 2.41. The van der Waals surface area contributed by atoms with Gasteiger partial charge in [-0.05, 0) is 90.7 Å². The fourth-order valence-electron chi connectivity index (χ4n) is 4.44. The molecule has 2 aromatic rings. The van der Waals surface area contributed by atoms with Gasteiger partial charge in [0.1, 0.15) is 0 Å². The molecule has 152 valence electrons. The van der Waals surface area contributed by atoms with E-state index in [0.717, 1.165) is 30.3 Å². The fraction of sp³-hybridized carbons (Fsp3) is 0.545. The molecule has 0 aliphatic carbocycles. The summed E-state index contributed by atoms with van der Waals surface area (Å²) in [4.78, 5) is 9.23. The van der Waals surface area contributed by atoms with Crippen LogP contribution in [0.15, 0.2) is 30.5 Å². The second-order valence-electron chi connectivity index (χ2n) is 8.27. The summed E-state index contributed by atoms with van der Waals surface area (Å²) in [7, 11) is 4.23. The van der Waals surface area contributed by atoms with Crippen molar-refractivity contribution in [2.45, 2.75) is 52.2 Å². The smallest absolute Gasteiger partial charge is 0.170 e. The van der Waals surface area contributed by atoms with Gasteiger partial charge in [-0.2, -0.15) is 0 Å². The molecule has 3 rings (SSSR count). The molecule has 0 radical (unpaired) electrons. The van der Waals surface area contributed by atoms with Crippen LogP contribution in [0, 0.1) is 13.8 Å². The molecule has 2 atom stereocenters. The van der Waals surface area contributed by atoms with E-state index in [2.05, 4.69) is 84.7 Å². The number of hydrogen-bond acceptors (Lipinski definition) is 3. The van der Waals surface area contributed by atoms with E-state index in [-0.39, 0.29) is 12.1 Å². The minimum atomic E-state index is 0.0640. The van der Waals surface area contributed by atoms with Crippen molar-refractivity contribution < 1.29 is 0 Å². The topological polar surface area (TPSA) is 36.3 Å². The largest absolute Gasteiger partial charge is 0.352 e. The van der Waals surface area contributed by atoms with Crippen LogP contribution in [0.2, 0.25) is 0 Å². The number of nitrogens with one attached hydrogen (secondary N) is 1. The zero-order chi connectivity index (χ0) is 20.4. The Hall–Kier alpha value is -1.92. The number of thiocarbonyl (C=S) groups is 1. The molecule has 5 nitrogen and oxygen atoms in total. The highest BCUT2D eigenvalue weighted by atomic mass is 32.1. The van der Waals surface area contributed by atoms with Gasteiger partial charge >= 0.3 is 0 Å². The molecule has 2 aromatic heterocycles. The van der Waals surface area contributed by atoms with Gasteiger partial charge in [0.15, 0.2) is 5.11 Å². The fourth-order valence-corrected chi connectivity index (χ4v) is 4.77. The van der Waals surface area contributed by atoms with Crippen molar-refractivity contribution in [3.8, 4) is 0 Å². The van der Waals surface area contributed by atoms with Gasteiger partial charge in [-0.1, -0.05) is 6.07 Å². The zero-order valence-corrected chi connectivity index (χ0v) is 18.8. The maximum absolute atomic E-state index is 5.77. The van der Waals surface area contributed by atoms with Gasteiger partial charge in [-0.3, -0.25) is 4.98 Å². The van der Waals surface area contributed by atoms with Gasteiger partial charge in [0, 0.05) is 30.2 Å². The van der Waals surface area contributed by atoms with E-state index in [0.29, 0.717) is 6.04 Å². The standard InChI is InChI=1S/C22H33N5S/c1-15(2)27-16(3)14-18(17(27)4)21-20(19-10-7-8-11-23-19)24-22(28)26(21)13-9-12-25(5)6/h7-8,10-11,14-15,20-21H,9,12-13H2,1-6H3,(H,24,28). The normalized spacial score (nSPS) is 19.7. The maximum Gasteiger partial charge on any atom is 0.170 e. The summed E-state index contributed by atoms with van der Waals surface area (Å²) >= 11 is 5.77. The van der Waals surface area contributed by atoms with Gasteiger partial charge in [-0.25, -0.2) is 0 Å². The van der Waals surface area contributed by atoms with Crippen molar-refractivity contribution in [1.29, 1.82) is 0 Å². The Morgan fingerprint density at radius 2 is 2.00 bits per heavy atom. The van der Waals surface area contributed by atoms with E-state index >= 15 is 0 Å². The lowest BCUT2D eigenvalue weighted by Gasteiger charge is -2.28. The third-order valence-corrected chi connectivity index (χ3v) is 5.91. The molecule has 1 aliphatic rings. The Labute approximate surface area is 174 Å². The van der Waals surface area contributed by atoms with Crippen molar-refractivity contribution in [3.63, 3.8) is 0 Å².